The van der Waals surface area contributed by atoms with Gasteiger partial charge in [-0.2, -0.15) is 5.10 Å². The van der Waals surface area contributed by atoms with Gasteiger partial charge in [0.1, 0.15) is 17.1 Å². The van der Waals surface area contributed by atoms with Crippen LogP contribution in [0, 0.1) is 0 Å². The van der Waals surface area contributed by atoms with Crippen molar-refractivity contribution in [2.24, 2.45) is 10.9 Å². The molecule has 0 fully saturated rings. The number of ether oxygens (including phenoxy) is 1. The first-order chi connectivity index (χ1) is 12.7. The van der Waals surface area contributed by atoms with Crippen LogP contribution in [0.3, 0.4) is 0 Å². The minimum atomic E-state index is -4.06. The van der Waals surface area contributed by atoms with Gasteiger partial charge >= 0.3 is 0 Å². The summed E-state index contributed by atoms with van der Waals surface area (Å²) in [6, 6.07) is 10.9. The molecular weight excluding hydrogens is 392 g/mol. The van der Waals surface area contributed by atoms with E-state index in [0.29, 0.717) is 22.0 Å². The molecule has 8 nitrogen and oxygen atoms in total. The highest BCUT2D eigenvalue weighted by molar-refractivity contribution is 7.89. The summed E-state index contributed by atoms with van der Waals surface area (Å²) in [6.07, 6.45) is 0. The molecule has 1 aromatic heterocycles. The topological polar surface area (TPSA) is 141 Å². The Bertz CT molecular complexity index is 1140. The number of nitrogens with one attached hydrogen (secondary N) is 1. The minimum Gasteiger partial charge on any atom is -0.495 e. The summed E-state index contributed by atoms with van der Waals surface area (Å²) in [4.78, 5) is 11.7. The molecule has 0 saturated heterocycles. The fraction of sp³-hybridized carbons (Fsp3) is 0.0588. The van der Waals surface area contributed by atoms with E-state index in [1.54, 1.807) is 24.3 Å². The maximum Gasteiger partial charge on any atom is 0.267 e. The molecule has 5 N–H and O–H groups in total. The molecule has 0 bridgehead atoms. The van der Waals surface area contributed by atoms with Gasteiger partial charge in [0, 0.05) is 16.7 Å². The number of primary amides is 1. The van der Waals surface area contributed by atoms with Crippen LogP contribution >= 0.6 is 11.6 Å². The van der Waals surface area contributed by atoms with Crippen molar-refractivity contribution in [2.45, 2.75) is 4.90 Å². The van der Waals surface area contributed by atoms with E-state index < -0.39 is 15.9 Å². The number of aromatic amines is 1. The van der Waals surface area contributed by atoms with Crippen molar-refractivity contribution in [1.82, 2.24) is 10.2 Å². The molecule has 10 heteroatoms. The van der Waals surface area contributed by atoms with Gasteiger partial charge in [0.05, 0.1) is 17.0 Å². The third-order valence-corrected chi connectivity index (χ3v) is 5.17. The lowest BCUT2D eigenvalue weighted by Gasteiger charge is -2.10. The van der Waals surface area contributed by atoms with E-state index in [1.807, 2.05) is 0 Å². The highest BCUT2D eigenvalue weighted by Crippen LogP contribution is 2.38. The molecule has 0 aliphatic heterocycles. The number of halogens is 1. The highest BCUT2D eigenvalue weighted by Gasteiger charge is 2.25. The molecule has 1 amide bonds. The molecule has 0 radical (unpaired) electrons. The maximum atomic E-state index is 12.0. The fourth-order valence-electron chi connectivity index (χ4n) is 2.73. The molecule has 3 rings (SSSR count). The van der Waals surface area contributed by atoms with Crippen molar-refractivity contribution in [1.29, 1.82) is 0 Å². The van der Waals surface area contributed by atoms with Crippen LogP contribution in [0.2, 0.25) is 5.02 Å². The van der Waals surface area contributed by atoms with E-state index in [4.69, 9.17) is 27.2 Å². The molecule has 0 atom stereocenters. The largest absolute Gasteiger partial charge is 0.495 e. The predicted molar refractivity (Wildman–Crippen MR) is 101 cm³/mol. The number of carbonyl (C=O) groups is 1. The van der Waals surface area contributed by atoms with Gasteiger partial charge < -0.3 is 10.5 Å². The Hall–Kier alpha value is -2.88. The van der Waals surface area contributed by atoms with Crippen LogP contribution in [0.5, 0.6) is 5.75 Å². The van der Waals surface area contributed by atoms with E-state index in [1.165, 1.54) is 25.3 Å². The lowest BCUT2D eigenvalue weighted by atomic mass is 9.98. The summed E-state index contributed by atoms with van der Waals surface area (Å²) in [5.74, 6) is -0.342. The van der Waals surface area contributed by atoms with Crippen molar-refractivity contribution >= 4 is 27.5 Å². The molecule has 0 aliphatic rings. The van der Waals surface area contributed by atoms with Crippen LogP contribution in [0.1, 0.15) is 10.5 Å². The monoisotopic (exact) mass is 406 g/mol. The van der Waals surface area contributed by atoms with Gasteiger partial charge in [-0.1, -0.05) is 29.8 Å². The number of nitrogens with two attached hydrogens (primary N) is 2. The van der Waals surface area contributed by atoms with Crippen LogP contribution in [0.4, 0.5) is 0 Å². The van der Waals surface area contributed by atoms with Crippen LogP contribution in [0.15, 0.2) is 47.4 Å². The summed E-state index contributed by atoms with van der Waals surface area (Å²) in [5, 5.41) is 12.4. The second-order valence-corrected chi connectivity index (χ2v) is 7.51. The number of primary sulfonamides is 1. The average molecular weight is 407 g/mol. The molecule has 0 spiro atoms. The number of methoxy groups -OCH3 is 1. The first-order valence-electron chi connectivity index (χ1n) is 7.58. The van der Waals surface area contributed by atoms with E-state index in [0.717, 1.165) is 0 Å². The third kappa shape index (κ3) is 3.52. The number of sulfonamides is 1. The van der Waals surface area contributed by atoms with Gasteiger partial charge in [0.15, 0.2) is 0 Å². The van der Waals surface area contributed by atoms with Gasteiger partial charge in [-0.3, -0.25) is 9.89 Å². The Morgan fingerprint density at radius 2 is 1.93 bits per heavy atom. The SMILES string of the molecule is COc1ccc(-c2n[nH]c(C(N)=O)c2-c2ccccc2S(N)(=O)=O)cc1Cl. The smallest absolute Gasteiger partial charge is 0.267 e. The number of hydrogen-bond acceptors (Lipinski definition) is 5. The quantitative estimate of drug-likeness (QED) is 0.595. The van der Waals surface area contributed by atoms with Crippen molar-refractivity contribution < 1.29 is 17.9 Å². The number of hydrogen-bond donors (Lipinski definition) is 3. The van der Waals surface area contributed by atoms with Crippen molar-refractivity contribution in [3.63, 3.8) is 0 Å². The minimum absolute atomic E-state index is 0.0481. The van der Waals surface area contributed by atoms with E-state index in [-0.39, 0.29) is 21.7 Å². The standard InChI is InChI=1S/C17H15ClN4O4S/c1-26-12-7-6-9(8-11(12)18)15-14(16(17(19)23)22-21-15)10-4-2-3-5-13(10)27(20,24)25/h2-8H,1H3,(H2,19,23)(H,21,22)(H2,20,24,25). The number of benzene rings is 2. The Balaban J connectivity index is 2.33. The summed E-state index contributed by atoms with van der Waals surface area (Å²) in [7, 11) is -2.58. The van der Waals surface area contributed by atoms with E-state index in [9.17, 15) is 13.2 Å². The number of nitrogens with zero attached hydrogens (tertiary/aromatic N) is 1. The second kappa shape index (κ2) is 7.03. The Morgan fingerprint density at radius 3 is 2.52 bits per heavy atom. The number of H-pyrrole nitrogens is 1. The summed E-state index contributed by atoms with van der Waals surface area (Å²) in [5.41, 5.74) is 6.63. The Labute approximate surface area is 160 Å². The first kappa shape index (κ1) is 18.9. The van der Waals surface area contributed by atoms with Crippen LogP contribution in [-0.2, 0) is 10.0 Å². The Kier molecular flexibility index (Phi) is 4.92. The zero-order valence-electron chi connectivity index (χ0n) is 14.1. The lowest BCUT2D eigenvalue weighted by molar-refractivity contribution is 0.0996. The molecule has 27 heavy (non-hydrogen) atoms. The fourth-order valence-corrected chi connectivity index (χ4v) is 3.73. The summed E-state index contributed by atoms with van der Waals surface area (Å²) in [6.45, 7) is 0. The highest BCUT2D eigenvalue weighted by atomic mass is 35.5. The lowest BCUT2D eigenvalue weighted by Crippen LogP contribution is -2.16. The molecule has 0 aliphatic carbocycles. The van der Waals surface area contributed by atoms with E-state index >= 15 is 0 Å². The zero-order valence-corrected chi connectivity index (χ0v) is 15.6. The predicted octanol–water partition coefficient (Wildman–Crippen LogP) is 2.15. The molecule has 140 valence electrons. The van der Waals surface area contributed by atoms with Crippen molar-refractivity contribution in [3.05, 3.63) is 53.2 Å². The van der Waals surface area contributed by atoms with Crippen LogP contribution in [-0.4, -0.2) is 31.6 Å². The maximum absolute atomic E-state index is 12.0. The van der Waals surface area contributed by atoms with Gasteiger partial charge in [-0.25, -0.2) is 13.6 Å². The molecule has 0 unspecified atom stereocenters. The Morgan fingerprint density at radius 1 is 1.22 bits per heavy atom. The molecular formula is C17H15ClN4O4S. The molecule has 0 saturated carbocycles. The number of aromatic nitrogens is 2. The summed E-state index contributed by atoms with van der Waals surface area (Å²) < 4.78 is 29.1. The number of amides is 1. The van der Waals surface area contributed by atoms with Crippen LogP contribution in [0.25, 0.3) is 22.4 Å². The number of rotatable bonds is 5. The van der Waals surface area contributed by atoms with Crippen LogP contribution < -0.4 is 15.6 Å². The molecule has 3 aromatic rings. The van der Waals surface area contributed by atoms with Crippen molar-refractivity contribution in [3.8, 4) is 28.1 Å². The molecule has 1 heterocycles. The first-order valence-corrected chi connectivity index (χ1v) is 9.50. The van der Waals surface area contributed by atoms with E-state index in [2.05, 4.69) is 10.2 Å². The second-order valence-electron chi connectivity index (χ2n) is 5.58. The summed E-state index contributed by atoms with van der Waals surface area (Å²) >= 11 is 6.18. The number of carbonyl (C=O) groups excluding carboxylic acids is 1. The van der Waals surface area contributed by atoms with Crippen molar-refractivity contribution in [2.75, 3.05) is 7.11 Å². The third-order valence-electron chi connectivity index (χ3n) is 3.90. The normalized spacial score (nSPS) is 11.4. The average Bonchev–Trinajstić information content (AvgIpc) is 3.06. The zero-order chi connectivity index (χ0) is 19.8. The van der Waals surface area contributed by atoms with Gasteiger partial charge in [-0.05, 0) is 24.3 Å². The van der Waals surface area contributed by atoms with Gasteiger partial charge in [0.25, 0.3) is 5.91 Å². The van der Waals surface area contributed by atoms with Gasteiger partial charge in [-0.15, -0.1) is 0 Å². The molecule has 2 aromatic carbocycles. The van der Waals surface area contributed by atoms with Gasteiger partial charge in [0.2, 0.25) is 10.0 Å².